The number of ether oxygens (including phenoxy) is 2. The second-order valence-corrected chi connectivity index (χ2v) is 9.22. The maximum atomic E-state index is 12.8. The Bertz CT molecular complexity index is 601. The first-order chi connectivity index (χ1) is 17.1. The van der Waals surface area contributed by atoms with Crippen LogP contribution >= 0.6 is 0 Å². The molecule has 35 heavy (non-hydrogen) atoms. The molecule has 0 aromatic rings. The monoisotopic (exact) mass is 488 g/mol. The number of hydrogen-bond donors (Lipinski definition) is 0. The van der Waals surface area contributed by atoms with Crippen molar-refractivity contribution in [1.29, 1.82) is 0 Å². The summed E-state index contributed by atoms with van der Waals surface area (Å²) >= 11 is 0. The lowest BCUT2D eigenvalue weighted by Crippen LogP contribution is -2.41. The van der Waals surface area contributed by atoms with Crippen molar-refractivity contribution in [2.24, 2.45) is 5.41 Å². The van der Waals surface area contributed by atoms with Gasteiger partial charge in [-0.2, -0.15) is 0 Å². The first-order valence-corrected chi connectivity index (χ1v) is 14.3. The second kappa shape index (κ2) is 23.8. The Morgan fingerprint density at radius 1 is 0.514 bits per heavy atom. The fourth-order valence-electron chi connectivity index (χ4n) is 3.99. The van der Waals surface area contributed by atoms with Crippen molar-refractivity contribution in [3.05, 3.63) is 0 Å². The molecular formula is C31H52O4. The van der Waals surface area contributed by atoms with Crippen LogP contribution in [-0.2, 0) is 19.1 Å². The highest BCUT2D eigenvalue weighted by molar-refractivity contribution is 5.99. The quantitative estimate of drug-likeness (QED) is 0.0750. The van der Waals surface area contributed by atoms with Crippen molar-refractivity contribution in [3.63, 3.8) is 0 Å². The molecule has 0 aliphatic rings. The molecule has 0 saturated heterocycles. The summed E-state index contributed by atoms with van der Waals surface area (Å²) in [5.74, 6) is 11.7. The molecular weight excluding hydrogens is 436 g/mol. The predicted molar refractivity (Wildman–Crippen MR) is 146 cm³/mol. The van der Waals surface area contributed by atoms with E-state index in [4.69, 9.17) is 9.47 Å². The topological polar surface area (TPSA) is 52.6 Å². The summed E-state index contributed by atoms with van der Waals surface area (Å²) in [6, 6.07) is 0. The van der Waals surface area contributed by atoms with Gasteiger partial charge in [0.05, 0.1) is 13.2 Å². The third-order valence-corrected chi connectivity index (χ3v) is 6.45. The van der Waals surface area contributed by atoms with Gasteiger partial charge in [-0.05, 0) is 38.5 Å². The summed E-state index contributed by atoms with van der Waals surface area (Å²) in [5, 5.41) is 0. The van der Waals surface area contributed by atoms with Crippen LogP contribution in [0.15, 0.2) is 0 Å². The van der Waals surface area contributed by atoms with E-state index in [2.05, 4.69) is 37.5 Å². The van der Waals surface area contributed by atoms with Gasteiger partial charge >= 0.3 is 11.9 Å². The van der Waals surface area contributed by atoms with Gasteiger partial charge in [-0.15, -0.1) is 23.7 Å². The summed E-state index contributed by atoms with van der Waals surface area (Å²) in [5.41, 5.74) is -1.17. The van der Waals surface area contributed by atoms with Gasteiger partial charge in [0, 0.05) is 25.7 Å². The standard InChI is InChI=1S/C31H52O4/c1-5-9-11-13-15-17-19-21-23-25-27-34-29(32)31(7-3,8-4)30(33)35-28-26-24-22-20-18-16-14-12-10-6-2/h5-8,13-28H2,1-4H3. The van der Waals surface area contributed by atoms with Gasteiger partial charge in [-0.3, -0.25) is 9.59 Å². The Hall–Kier alpha value is -1.94. The summed E-state index contributed by atoms with van der Waals surface area (Å²) in [6.07, 6.45) is 17.8. The first-order valence-electron chi connectivity index (χ1n) is 14.3. The number of esters is 2. The fourth-order valence-corrected chi connectivity index (χ4v) is 3.99. The van der Waals surface area contributed by atoms with Gasteiger partial charge < -0.3 is 9.47 Å². The van der Waals surface area contributed by atoms with Gasteiger partial charge in [0.2, 0.25) is 0 Å². The van der Waals surface area contributed by atoms with E-state index in [0.717, 1.165) is 77.0 Å². The van der Waals surface area contributed by atoms with Crippen LogP contribution in [0.5, 0.6) is 0 Å². The number of rotatable bonds is 20. The van der Waals surface area contributed by atoms with Crippen molar-refractivity contribution in [2.45, 2.75) is 143 Å². The molecule has 0 fully saturated rings. The Balaban J connectivity index is 4.03. The number of unbranched alkanes of at least 4 members (excludes halogenated alkanes) is 12. The second-order valence-electron chi connectivity index (χ2n) is 9.22. The SMILES string of the molecule is CCC#CCCCCCCCCOC(=O)C(CC)(CC)C(=O)OCCCCCCCCC#CCC. The average Bonchev–Trinajstić information content (AvgIpc) is 2.87. The summed E-state index contributed by atoms with van der Waals surface area (Å²) in [4.78, 5) is 25.6. The zero-order valence-corrected chi connectivity index (χ0v) is 23.3. The van der Waals surface area contributed by atoms with Crippen LogP contribution in [0.25, 0.3) is 0 Å². The minimum atomic E-state index is -1.17. The molecule has 0 heterocycles. The third-order valence-electron chi connectivity index (χ3n) is 6.45. The lowest BCUT2D eigenvalue weighted by Gasteiger charge is -2.27. The Morgan fingerprint density at radius 2 is 0.857 bits per heavy atom. The van der Waals surface area contributed by atoms with Crippen molar-refractivity contribution in [3.8, 4) is 23.7 Å². The smallest absolute Gasteiger partial charge is 0.323 e. The average molecular weight is 489 g/mol. The maximum Gasteiger partial charge on any atom is 0.323 e. The van der Waals surface area contributed by atoms with E-state index < -0.39 is 17.4 Å². The molecule has 4 nitrogen and oxygen atoms in total. The molecule has 0 spiro atoms. The zero-order valence-electron chi connectivity index (χ0n) is 23.3. The normalized spacial score (nSPS) is 10.6. The van der Waals surface area contributed by atoms with E-state index >= 15 is 0 Å². The van der Waals surface area contributed by atoms with Gasteiger partial charge in [0.15, 0.2) is 5.41 Å². The highest BCUT2D eigenvalue weighted by atomic mass is 16.6. The lowest BCUT2D eigenvalue weighted by molar-refractivity contribution is -0.173. The largest absolute Gasteiger partial charge is 0.465 e. The van der Waals surface area contributed by atoms with Gasteiger partial charge in [-0.25, -0.2) is 0 Å². The van der Waals surface area contributed by atoms with Crippen molar-refractivity contribution in [2.75, 3.05) is 13.2 Å². The van der Waals surface area contributed by atoms with Crippen LogP contribution in [0, 0.1) is 29.1 Å². The lowest BCUT2D eigenvalue weighted by atomic mass is 9.82. The number of carbonyl (C=O) groups is 2. The van der Waals surface area contributed by atoms with Crippen LogP contribution in [0.4, 0.5) is 0 Å². The molecule has 0 aromatic carbocycles. The minimum Gasteiger partial charge on any atom is -0.465 e. The van der Waals surface area contributed by atoms with E-state index in [1.807, 2.05) is 13.8 Å². The van der Waals surface area contributed by atoms with Crippen LogP contribution in [0.1, 0.15) is 143 Å². The molecule has 0 radical (unpaired) electrons. The van der Waals surface area contributed by atoms with Gasteiger partial charge in [0.1, 0.15) is 0 Å². The van der Waals surface area contributed by atoms with Crippen LogP contribution < -0.4 is 0 Å². The highest BCUT2D eigenvalue weighted by Gasteiger charge is 2.45. The molecule has 200 valence electrons. The molecule has 0 bridgehead atoms. The first kappa shape index (κ1) is 33.1. The number of hydrogen-bond acceptors (Lipinski definition) is 4. The van der Waals surface area contributed by atoms with Crippen LogP contribution in [-0.4, -0.2) is 25.2 Å². The Labute approximate surface area is 216 Å². The molecule has 0 N–H and O–H groups in total. The minimum absolute atomic E-state index is 0.375. The fraction of sp³-hybridized carbons (Fsp3) is 0.806. The van der Waals surface area contributed by atoms with E-state index in [1.165, 1.54) is 25.7 Å². The predicted octanol–water partition coefficient (Wildman–Crippen LogP) is 8.17. The van der Waals surface area contributed by atoms with Crippen LogP contribution in [0.2, 0.25) is 0 Å². The molecule has 0 amide bonds. The number of carbonyl (C=O) groups excluding carboxylic acids is 2. The van der Waals surface area contributed by atoms with Gasteiger partial charge in [-0.1, -0.05) is 79.1 Å². The van der Waals surface area contributed by atoms with Gasteiger partial charge in [0.25, 0.3) is 0 Å². The molecule has 0 aliphatic carbocycles. The molecule has 4 heteroatoms. The Kier molecular flexibility index (Phi) is 22.5. The van der Waals surface area contributed by atoms with E-state index in [1.54, 1.807) is 0 Å². The third kappa shape index (κ3) is 16.4. The van der Waals surface area contributed by atoms with E-state index in [9.17, 15) is 9.59 Å². The van der Waals surface area contributed by atoms with Crippen molar-refractivity contribution >= 4 is 11.9 Å². The van der Waals surface area contributed by atoms with E-state index in [-0.39, 0.29) is 0 Å². The van der Waals surface area contributed by atoms with E-state index in [0.29, 0.717) is 26.1 Å². The molecule has 0 aromatic heterocycles. The summed E-state index contributed by atoms with van der Waals surface area (Å²) in [7, 11) is 0. The van der Waals surface area contributed by atoms with Crippen molar-refractivity contribution in [1.82, 2.24) is 0 Å². The molecule has 0 atom stereocenters. The highest BCUT2D eigenvalue weighted by Crippen LogP contribution is 2.30. The molecule has 0 unspecified atom stereocenters. The Morgan fingerprint density at radius 3 is 1.20 bits per heavy atom. The summed E-state index contributed by atoms with van der Waals surface area (Å²) in [6.45, 7) is 8.62. The summed E-state index contributed by atoms with van der Waals surface area (Å²) < 4.78 is 11.0. The van der Waals surface area contributed by atoms with Crippen LogP contribution in [0.3, 0.4) is 0 Å². The van der Waals surface area contributed by atoms with Crippen molar-refractivity contribution < 1.29 is 19.1 Å². The zero-order chi connectivity index (χ0) is 26.0. The maximum absolute atomic E-state index is 12.8. The molecule has 0 rings (SSSR count). The molecule has 0 saturated carbocycles. The molecule has 0 aliphatic heterocycles.